The van der Waals surface area contributed by atoms with Crippen LogP contribution < -0.4 is 10.6 Å². The number of rotatable bonds is 4. The molecular weight excluding hydrogens is 367 g/mol. The largest absolute Gasteiger partial charge is 0.397 e. The number of anilines is 2. The summed E-state index contributed by atoms with van der Waals surface area (Å²) in [5.41, 5.74) is 7.94. The van der Waals surface area contributed by atoms with Gasteiger partial charge in [-0.05, 0) is 62.0 Å². The molecule has 29 heavy (non-hydrogen) atoms. The second-order valence-corrected chi connectivity index (χ2v) is 8.66. The SMILES string of the molecule is CC1CC2(CCN(CCc3ccc(N)cn3)CC2)CN(c2ccccc2F)C1=O. The Morgan fingerprint density at radius 1 is 1.21 bits per heavy atom. The standard InChI is InChI=1S/C23H29FN4O/c1-17-14-23(16-28(22(17)29)21-5-3-2-4-20(21)24)9-12-27(13-10-23)11-8-19-7-6-18(25)15-26-19/h2-7,15,17H,8-14,16,25H2,1H3. The zero-order valence-corrected chi connectivity index (χ0v) is 17.0. The Balaban J connectivity index is 1.39. The summed E-state index contributed by atoms with van der Waals surface area (Å²) in [6.07, 6.45) is 5.57. The Hall–Kier alpha value is -2.47. The van der Waals surface area contributed by atoms with Crippen LogP contribution in [0.2, 0.25) is 0 Å². The summed E-state index contributed by atoms with van der Waals surface area (Å²) in [6, 6.07) is 10.5. The van der Waals surface area contributed by atoms with Crippen LogP contribution in [0.1, 0.15) is 31.9 Å². The lowest BCUT2D eigenvalue weighted by Crippen LogP contribution is -2.54. The molecule has 5 nitrogen and oxygen atoms in total. The molecule has 0 radical (unpaired) electrons. The molecule has 0 aliphatic carbocycles. The number of para-hydroxylation sites is 1. The molecule has 2 saturated heterocycles. The summed E-state index contributed by atoms with van der Waals surface area (Å²) >= 11 is 0. The van der Waals surface area contributed by atoms with E-state index in [1.54, 1.807) is 29.3 Å². The van der Waals surface area contributed by atoms with Crippen molar-refractivity contribution in [2.75, 3.05) is 36.8 Å². The summed E-state index contributed by atoms with van der Waals surface area (Å²) in [5.74, 6) is -0.356. The molecule has 2 aromatic rings. The van der Waals surface area contributed by atoms with Crippen LogP contribution in [0, 0.1) is 17.2 Å². The number of nitrogens with zero attached hydrogens (tertiary/aromatic N) is 3. The highest BCUT2D eigenvalue weighted by atomic mass is 19.1. The van der Waals surface area contributed by atoms with Crippen LogP contribution in [0.3, 0.4) is 0 Å². The van der Waals surface area contributed by atoms with E-state index in [0.717, 1.165) is 51.0 Å². The molecule has 1 aromatic heterocycles. The first-order chi connectivity index (χ1) is 14.0. The Kier molecular flexibility index (Phi) is 5.54. The number of aromatic nitrogens is 1. The summed E-state index contributed by atoms with van der Waals surface area (Å²) in [5, 5.41) is 0. The van der Waals surface area contributed by atoms with Crippen LogP contribution in [0.25, 0.3) is 0 Å². The highest BCUT2D eigenvalue weighted by Gasteiger charge is 2.44. The van der Waals surface area contributed by atoms with Crippen molar-refractivity contribution < 1.29 is 9.18 Å². The Labute approximate surface area is 171 Å². The number of nitrogen functional groups attached to an aromatic ring is 1. The summed E-state index contributed by atoms with van der Waals surface area (Å²) in [7, 11) is 0. The zero-order valence-electron chi connectivity index (χ0n) is 17.0. The van der Waals surface area contributed by atoms with Gasteiger partial charge in [0.1, 0.15) is 5.82 Å². The number of amides is 1. The van der Waals surface area contributed by atoms with Gasteiger partial charge >= 0.3 is 0 Å². The van der Waals surface area contributed by atoms with Gasteiger partial charge in [0.15, 0.2) is 0 Å². The van der Waals surface area contributed by atoms with E-state index in [9.17, 15) is 9.18 Å². The van der Waals surface area contributed by atoms with Crippen molar-refractivity contribution in [2.45, 2.75) is 32.6 Å². The van der Waals surface area contributed by atoms with E-state index in [1.807, 2.05) is 19.1 Å². The molecule has 1 unspecified atom stereocenters. The van der Waals surface area contributed by atoms with Crippen LogP contribution in [0.15, 0.2) is 42.6 Å². The summed E-state index contributed by atoms with van der Waals surface area (Å²) in [6.45, 7) is 5.57. The second kappa shape index (κ2) is 8.11. The predicted octanol–water partition coefficient (Wildman–Crippen LogP) is 3.50. The van der Waals surface area contributed by atoms with Crippen molar-refractivity contribution in [3.63, 3.8) is 0 Å². The molecule has 1 atom stereocenters. The van der Waals surface area contributed by atoms with E-state index in [1.165, 1.54) is 6.07 Å². The van der Waals surface area contributed by atoms with E-state index in [2.05, 4.69) is 9.88 Å². The Morgan fingerprint density at radius 2 is 1.97 bits per heavy atom. The van der Waals surface area contributed by atoms with Gasteiger partial charge in [-0.15, -0.1) is 0 Å². The van der Waals surface area contributed by atoms with E-state index < -0.39 is 0 Å². The zero-order chi connectivity index (χ0) is 20.4. The number of carbonyl (C=O) groups excluding carboxylic acids is 1. The predicted molar refractivity (Wildman–Crippen MR) is 113 cm³/mol. The first-order valence-electron chi connectivity index (χ1n) is 10.4. The number of pyridine rings is 1. The van der Waals surface area contributed by atoms with Crippen LogP contribution in [0.4, 0.5) is 15.8 Å². The van der Waals surface area contributed by atoms with Gasteiger partial charge in [0.2, 0.25) is 5.91 Å². The second-order valence-electron chi connectivity index (χ2n) is 8.66. The van der Waals surface area contributed by atoms with Gasteiger partial charge < -0.3 is 15.5 Å². The van der Waals surface area contributed by atoms with Crippen molar-refractivity contribution in [2.24, 2.45) is 11.3 Å². The van der Waals surface area contributed by atoms with Crippen molar-refractivity contribution in [1.82, 2.24) is 9.88 Å². The molecule has 2 aliphatic heterocycles. The molecule has 1 spiro atoms. The van der Waals surface area contributed by atoms with Crippen LogP contribution >= 0.6 is 0 Å². The van der Waals surface area contributed by atoms with Crippen LogP contribution in [0.5, 0.6) is 0 Å². The van der Waals surface area contributed by atoms with Crippen LogP contribution in [-0.4, -0.2) is 42.0 Å². The number of halogens is 1. The molecule has 0 saturated carbocycles. The molecule has 6 heteroatoms. The first kappa shape index (κ1) is 19.8. The molecule has 2 fully saturated rings. The normalized spacial score (nSPS) is 22.2. The van der Waals surface area contributed by atoms with E-state index in [4.69, 9.17) is 5.73 Å². The smallest absolute Gasteiger partial charge is 0.229 e. The topological polar surface area (TPSA) is 62.5 Å². The maximum atomic E-state index is 14.4. The van der Waals surface area contributed by atoms with Gasteiger partial charge in [0, 0.05) is 31.1 Å². The number of hydrogen-bond donors (Lipinski definition) is 1. The summed E-state index contributed by atoms with van der Waals surface area (Å²) in [4.78, 5) is 21.3. The van der Waals surface area contributed by atoms with Gasteiger partial charge in [-0.2, -0.15) is 0 Å². The Morgan fingerprint density at radius 3 is 2.66 bits per heavy atom. The highest BCUT2D eigenvalue weighted by molar-refractivity contribution is 5.96. The fraction of sp³-hybridized carbons (Fsp3) is 0.478. The van der Waals surface area contributed by atoms with E-state index >= 15 is 0 Å². The highest BCUT2D eigenvalue weighted by Crippen LogP contribution is 2.43. The van der Waals surface area contributed by atoms with Crippen molar-refractivity contribution in [1.29, 1.82) is 0 Å². The minimum atomic E-state index is -0.321. The Bertz CT molecular complexity index is 861. The number of likely N-dealkylation sites (tertiary alicyclic amines) is 1. The minimum Gasteiger partial charge on any atom is -0.397 e. The molecular formula is C23H29FN4O. The third kappa shape index (κ3) is 4.27. The molecule has 1 amide bonds. The van der Waals surface area contributed by atoms with Gasteiger partial charge in [-0.1, -0.05) is 19.1 Å². The van der Waals surface area contributed by atoms with E-state index in [0.29, 0.717) is 17.9 Å². The maximum Gasteiger partial charge on any atom is 0.229 e. The fourth-order valence-electron chi connectivity index (χ4n) is 4.82. The number of benzene rings is 1. The van der Waals surface area contributed by atoms with Gasteiger partial charge in [-0.3, -0.25) is 9.78 Å². The lowest BCUT2D eigenvalue weighted by molar-refractivity contribution is -0.126. The average molecular weight is 397 g/mol. The molecule has 4 rings (SSSR count). The summed E-state index contributed by atoms with van der Waals surface area (Å²) < 4.78 is 14.4. The van der Waals surface area contributed by atoms with Crippen molar-refractivity contribution >= 4 is 17.3 Å². The molecule has 2 aliphatic rings. The fourth-order valence-corrected chi connectivity index (χ4v) is 4.82. The molecule has 3 heterocycles. The third-order valence-corrected chi connectivity index (χ3v) is 6.51. The lowest BCUT2D eigenvalue weighted by Gasteiger charge is -2.49. The van der Waals surface area contributed by atoms with E-state index in [-0.39, 0.29) is 23.1 Å². The monoisotopic (exact) mass is 396 g/mol. The lowest BCUT2D eigenvalue weighted by atomic mass is 9.69. The number of hydrogen-bond acceptors (Lipinski definition) is 4. The minimum absolute atomic E-state index is 0.0394. The molecule has 1 aromatic carbocycles. The molecule has 2 N–H and O–H groups in total. The maximum absolute atomic E-state index is 14.4. The average Bonchev–Trinajstić information content (AvgIpc) is 2.72. The van der Waals surface area contributed by atoms with Gasteiger partial charge in [0.25, 0.3) is 0 Å². The number of piperidine rings is 2. The molecule has 154 valence electrons. The van der Waals surface area contributed by atoms with Crippen molar-refractivity contribution in [3.05, 3.63) is 54.1 Å². The quantitative estimate of drug-likeness (QED) is 0.859. The van der Waals surface area contributed by atoms with Gasteiger partial charge in [0.05, 0.1) is 17.6 Å². The number of carbonyl (C=O) groups is 1. The third-order valence-electron chi connectivity index (χ3n) is 6.51. The first-order valence-corrected chi connectivity index (χ1v) is 10.4. The van der Waals surface area contributed by atoms with Crippen molar-refractivity contribution in [3.8, 4) is 0 Å². The number of nitrogens with two attached hydrogens (primary N) is 1. The molecule has 0 bridgehead atoms. The van der Waals surface area contributed by atoms with Crippen LogP contribution in [-0.2, 0) is 11.2 Å². The van der Waals surface area contributed by atoms with Gasteiger partial charge in [-0.25, -0.2) is 4.39 Å².